The Morgan fingerprint density at radius 1 is 1.53 bits per heavy atom. The summed E-state index contributed by atoms with van der Waals surface area (Å²) in [7, 11) is 1.60. The van der Waals surface area contributed by atoms with Crippen molar-refractivity contribution < 1.29 is 9.53 Å². The molecule has 2 rings (SSSR count). The smallest absolute Gasteiger partial charge is 0.258 e. The molecule has 1 amide bonds. The molecule has 0 bridgehead atoms. The van der Waals surface area contributed by atoms with Gasteiger partial charge in [-0.1, -0.05) is 13.8 Å². The maximum absolute atomic E-state index is 12.4. The lowest BCUT2D eigenvalue weighted by molar-refractivity contribution is -0.140. The highest BCUT2D eigenvalue weighted by Gasteiger charge is 2.40. The van der Waals surface area contributed by atoms with Gasteiger partial charge in [-0.2, -0.15) is 0 Å². The van der Waals surface area contributed by atoms with E-state index in [4.69, 9.17) is 4.74 Å². The van der Waals surface area contributed by atoms with Gasteiger partial charge in [0, 0.05) is 12.5 Å². The molecule has 0 aliphatic carbocycles. The second-order valence-electron chi connectivity index (χ2n) is 5.13. The van der Waals surface area contributed by atoms with Crippen LogP contribution in [0.15, 0.2) is 5.38 Å². The van der Waals surface area contributed by atoms with Gasteiger partial charge in [0.1, 0.15) is 5.60 Å². The van der Waals surface area contributed by atoms with Crippen LogP contribution in [0, 0.1) is 0 Å². The van der Waals surface area contributed by atoms with Crippen molar-refractivity contribution in [1.29, 1.82) is 0 Å². The predicted molar refractivity (Wildman–Crippen MR) is 76.7 cm³/mol. The minimum Gasteiger partial charge on any atom is -0.368 e. The molecule has 2 heterocycles. The minimum atomic E-state index is -0.713. The zero-order valence-corrected chi connectivity index (χ0v) is 12.5. The van der Waals surface area contributed by atoms with E-state index in [1.54, 1.807) is 7.11 Å². The van der Waals surface area contributed by atoms with Crippen LogP contribution < -0.4 is 10.6 Å². The van der Waals surface area contributed by atoms with Gasteiger partial charge in [0.25, 0.3) is 5.91 Å². The predicted octanol–water partition coefficient (Wildman–Crippen LogP) is 1.97. The molecule has 1 saturated heterocycles. The molecule has 19 heavy (non-hydrogen) atoms. The summed E-state index contributed by atoms with van der Waals surface area (Å²) in [6.07, 6.45) is 1.38. The molecule has 0 unspecified atom stereocenters. The number of anilines is 1. The van der Waals surface area contributed by atoms with Crippen molar-refractivity contribution in [2.45, 2.75) is 38.2 Å². The first kappa shape index (κ1) is 14.4. The normalized spacial score (nSPS) is 18.5. The van der Waals surface area contributed by atoms with Crippen LogP contribution >= 0.6 is 11.3 Å². The van der Waals surface area contributed by atoms with Crippen molar-refractivity contribution in [3.63, 3.8) is 0 Å². The van der Waals surface area contributed by atoms with Crippen molar-refractivity contribution in [3.8, 4) is 0 Å². The molecule has 0 spiro atoms. The van der Waals surface area contributed by atoms with E-state index in [9.17, 15) is 4.79 Å². The van der Waals surface area contributed by atoms with E-state index in [1.807, 2.05) is 5.38 Å². The molecule has 1 aromatic rings. The van der Waals surface area contributed by atoms with Crippen molar-refractivity contribution in [2.24, 2.45) is 0 Å². The van der Waals surface area contributed by atoms with E-state index >= 15 is 0 Å². The first-order valence-corrected chi connectivity index (χ1v) is 7.48. The third kappa shape index (κ3) is 3.13. The summed E-state index contributed by atoms with van der Waals surface area (Å²) >= 11 is 1.47. The van der Waals surface area contributed by atoms with Crippen LogP contribution in [-0.2, 0) is 9.53 Å². The number of methoxy groups -OCH3 is 1. The summed E-state index contributed by atoms with van der Waals surface area (Å²) in [6, 6.07) is 0. The number of nitrogens with zero attached hydrogens (tertiary/aromatic N) is 1. The SMILES string of the molecule is COC1(C(=O)Nc2nc(C(C)C)cs2)CCNCC1. The summed E-state index contributed by atoms with van der Waals surface area (Å²) in [6.45, 7) is 5.78. The molecule has 0 atom stereocenters. The minimum absolute atomic E-state index is 0.0823. The van der Waals surface area contributed by atoms with Gasteiger partial charge in [-0.3, -0.25) is 10.1 Å². The Kier molecular flexibility index (Phi) is 4.54. The van der Waals surface area contributed by atoms with Crippen LogP contribution in [-0.4, -0.2) is 36.7 Å². The number of nitrogens with one attached hydrogen (secondary N) is 2. The standard InChI is InChI=1S/C13H21N3O2S/c1-9(2)10-8-19-12(15-10)16-11(17)13(18-3)4-6-14-7-5-13/h8-9,14H,4-7H2,1-3H3,(H,15,16,17). The number of rotatable bonds is 4. The number of piperidine rings is 1. The van der Waals surface area contributed by atoms with E-state index < -0.39 is 5.60 Å². The monoisotopic (exact) mass is 283 g/mol. The molecular formula is C13H21N3O2S. The number of carbonyl (C=O) groups is 1. The Labute approximate surface area is 117 Å². The lowest BCUT2D eigenvalue weighted by Crippen LogP contribution is -2.51. The molecule has 5 nitrogen and oxygen atoms in total. The second kappa shape index (κ2) is 5.98. The molecule has 0 radical (unpaired) electrons. The molecule has 0 saturated carbocycles. The third-order valence-corrected chi connectivity index (χ3v) is 4.33. The highest BCUT2D eigenvalue weighted by atomic mass is 32.1. The molecule has 6 heteroatoms. The van der Waals surface area contributed by atoms with E-state index in [-0.39, 0.29) is 5.91 Å². The maximum Gasteiger partial charge on any atom is 0.258 e. The Bertz CT molecular complexity index is 439. The van der Waals surface area contributed by atoms with Gasteiger partial charge in [-0.25, -0.2) is 4.98 Å². The average molecular weight is 283 g/mol. The second-order valence-corrected chi connectivity index (χ2v) is 5.99. The van der Waals surface area contributed by atoms with Crippen LogP contribution in [0.2, 0.25) is 0 Å². The average Bonchev–Trinajstić information content (AvgIpc) is 2.88. The van der Waals surface area contributed by atoms with E-state index in [2.05, 4.69) is 29.5 Å². The fraction of sp³-hybridized carbons (Fsp3) is 0.692. The van der Waals surface area contributed by atoms with Crippen molar-refractivity contribution in [3.05, 3.63) is 11.1 Å². The number of amides is 1. The van der Waals surface area contributed by atoms with Crippen LogP contribution in [0.25, 0.3) is 0 Å². The zero-order valence-electron chi connectivity index (χ0n) is 11.7. The Balaban J connectivity index is 2.06. The Hall–Kier alpha value is -0.980. The fourth-order valence-electron chi connectivity index (χ4n) is 2.17. The molecule has 106 valence electrons. The van der Waals surface area contributed by atoms with Gasteiger partial charge in [-0.05, 0) is 31.8 Å². The fourth-order valence-corrected chi connectivity index (χ4v) is 3.04. The first-order chi connectivity index (χ1) is 9.07. The van der Waals surface area contributed by atoms with Gasteiger partial charge in [-0.15, -0.1) is 11.3 Å². The summed E-state index contributed by atoms with van der Waals surface area (Å²) < 4.78 is 5.49. The highest BCUT2D eigenvalue weighted by molar-refractivity contribution is 7.13. The van der Waals surface area contributed by atoms with Crippen LogP contribution in [0.5, 0.6) is 0 Å². The van der Waals surface area contributed by atoms with Crippen molar-refractivity contribution >= 4 is 22.4 Å². The van der Waals surface area contributed by atoms with Crippen molar-refractivity contribution in [1.82, 2.24) is 10.3 Å². The number of carbonyl (C=O) groups excluding carboxylic acids is 1. The number of aromatic nitrogens is 1. The van der Waals surface area contributed by atoms with E-state index in [0.717, 1.165) is 18.8 Å². The number of hydrogen-bond donors (Lipinski definition) is 2. The number of thiazole rings is 1. The molecule has 1 fully saturated rings. The Morgan fingerprint density at radius 3 is 2.74 bits per heavy atom. The van der Waals surface area contributed by atoms with Crippen molar-refractivity contribution in [2.75, 3.05) is 25.5 Å². The molecular weight excluding hydrogens is 262 g/mol. The quantitative estimate of drug-likeness (QED) is 0.887. The van der Waals surface area contributed by atoms with Gasteiger partial charge in [0.15, 0.2) is 5.13 Å². The van der Waals surface area contributed by atoms with Crippen LogP contribution in [0.3, 0.4) is 0 Å². The lowest BCUT2D eigenvalue weighted by Gasteiger charge is -2.34. The number of ether oxygens (including phenoxy) is 1. The summed E-state index contributed by atoms with van der Waals surface area (Å²) in [5.41, 5.74) is 0.298. The summed E-state index contributed by atoms with van der Waals surface area (Å²) in [5, 5.41) is 8.78. The van der Waals surface area contributed by atoms with Crippen LogP contribution in [0.1, 0.15) is 38.3 Å². The van der Waals surface area contributed by atoms with E-state index in [0.29, 0.717) is 23.9 Å². The van der Waals surface area contributed by atoms with Gasteiger partial charge < -0.3 is 10.1 Å². The van der Waals surface area contributed by atoms with Gasteiger partial charge in [0.05, 0.1) is 5.69 Å². The maximum atomic E-state index is 12.4. The first-order valence-electron chi connectivity index (χ1n) is 6.60. The largest absolute Gasteiger partial charge is 0.368 e. The lowest BCUT2D eigenvalue weighted by atomic mass is 9.91. The van der Waals surface area contributed by atoms with Gasteiger partial charge >= 0.3 is 0 Å². The molecule has 1 aliphatic rings. The zero-order chi connectivity index (χ0) is 13.9. The Morgan fingerprint density at radius 2 is 2.21 bits per heavy atom. The van der Waals surface area contributed by atoms with Crippen LogP contribution in [0.4, 0.5) is 5.13 Å². The highest BCUT2D eigenvalue weighted by Crippen LogP contribution is 2.26. The number of hydrogen-bond acceptors (Lipinski definition) is 5. The topological polar surface area (TPSA) is 63.2 Å². The van der Waals surface area contributed by atoms with E-state index in [1.165, 1.54) is 11.3 Å². The summed E-state index contributed by atoms with van der Waals surface area (Å²) in [5.74, 6) is 0.290. The molecule has 1 aliphatic heterocycles. The molecule has 2 N–H and O–H groups in total. The summed E-state index contributed by atoms with van der Waals surface area (Å²) in [4.78, 5) is 16.8. The third-order valence-electron chi connectivity index (χ3n) is 3.55. The van der Waals surface area contributed by atoms with Gasteiger partial charge in [0.2, 0.25) is 0 Å². The molecule has 0 aromatic carbocycles. The molecule has 1 aromatic heterocycles.